The largest absolute Gasteiger partial charge is 0.440 e. The third-order valence-electron chi connectivity index (χ3n) is 3.02. The van der Waals surface area contributed by atoms with E-state index in [4.69, 9.17) is 4.74 Å². The Morgan fingerprint density at radius 2 is 2.00 bits per heavy atom. The van der Waals surface area contributed by atoms with Crippen molar-refractivity contribution in [2.45, 2.75) is 46.3 Å². The Morgan fingerprint density at radius 3 is 2.36 bits per heavy atom. The average Bonchev–Trinajstić information content (AvgIpc) is 2.19. The lowest BCUT2D eigenvalue weighted by molar-refractivity contribution is -0.184. The quantitative estimate of drug-likeness (QED) is 0.546. The Morgan fingerprint density at radius 1 is 1.43 bits per heavy atom. The van der Waals surface area contributed by atoms with Crippen molar-refractivity contribution in [2.24, 2.45) is 5.41 Å². The second-order valence-corrected chi connectivity index (χ2v) is 3.56. The fourth-order valence-corrected chi connectivity index (χ4v) is 1.74. The van der Waals surface area contributed by atoms with Crippen molar-refractivity contribution in [2.75, 3.05) is 0 Å². The fraction of sp³-hybridized carbons (Fsp3) is 0.800. The molecule has 4 nitrogen and oxygen atoms in total. The predicted molar refractivity (Wildman–Crippen MR) is 51.3 cm³/mol. The molecule has 80 valence electrons. The van der Waals surface area contributed by atoms with Crippen molar-refractivity contribution in [3.8, 4) is 0 Å². The minimum absolute atomic E-state index is 0.00333. The number of ether oxygens (including phenoxy) is 1. The topological polar surface area (TPSA) is 55.4 Å². The molecule has 1 N–H and O–H groups in total. The lowest BCUT2D eigenvalue weighted by Crippen LogP contribution is -2.68. The summed E-state index contributed by atoms with van der Waals surface area (Å²) in [4.78, 5) is 22.5. The summed E-state index contributed by atoms with van der Waals surface area (Å²) in [7, 11) is 0. The molecule has 14 heavy (non-hydrogen) atoms. The van der Waals surface area contributed by atoms with Gasteiger partial charge in [-0.3, -0.25) is 9.59 Å². The molecule has 1 amide bonds. The van der Waals surface area contributed by atoms with Gasteiger partial charge in [-0.05, 0) is 12.8 Å². The number of carbonyl (C=O) groups excluding carboxylic acids is 2. The van der Waals surface area contributed by atoms with Crippen LogP contribution in [0.2, 0.25) is 0 Å². The number of β-lactam (4-membered cyclic amide) rings is 1. The summed E-state index contributed by atoms with van der Waals surface area (Å²) in [6.07, 6.45) is 1.33. The Kier molecular flexibility index (Phi) is 3.13. The minimum Gasteiger partial charge on any atom is -0.440 e. The first-order valence-electron chi connectivity index (χ1n) is 5.11. The highest BCUT2D eigenvalue weighted by atomic mass is 16.6. The second kappa shape index (κ2) is 3.98. The van der Waals surface area contributed by atoms with E-state index in [1.54, 1.807) is 6.92 Å². The number of hydrogen-bond donors (Lipinski definition) is 1. The zero-order valence-electron chi connectivity index (χ0n) is 8.92. The first-order chi connectivity index (χ1) is 6.60. The van der Waals surface area contributed by atoms with Gasteiger partial charge in [0.1, 0.15) is 5.41 Å². The molecule has 0 bridgehead atoms. The first-order valence-corrected chi connectivity index (χ1v) is 5.11. The maximum atomic E-state index is 11.4. The van der Waals surface area contributed by atoms with Crippen LogP contribution in [-0.2, 0) is 14.3 Å². The number of nitrogens with one attached hydrogen (secondary N) is 1. The maximum absolute atomic E-state index is 11.4. The van der Waals surface area contributed by atoms with Crippen LogP contribution < -0.4 is 5.32 Å². The third-order valence-corrected chi connectivity index (χ3v) is 3.02. The van der Waals surface area contributed by atoms with Crippen molar-refractivity contribution in [3.05, 3.63) is 0 Å². The standard InChI is InChI=1S/C10H17NO3/c1-4-7(12)14-9-10(5-2,6-3)8(13)11-9/h9H,4-6H2,1-3H3,(H,11,13)/t9-/m0/s1. The van der Waals surface area contributed by atoms with Gasteiger partial charge in [0.2, 0.25) is 5.91 Å². The lowest BCUT2D eigenvalue weighted by atomic mass is 9.73. The van der Waals surface area contributed by atoms with Gasteiger partial charge in [-0.2, -0.15) is 0 Å². The summed E-state index contributed by atoms with van der Waals surface area (Å²) in [5.41, 5.74) is -0.481. The minimum atomic E-state index is -0.481. The van der Waals surface area contributed by atoms with E-state index in [1.165, 1.54) is 0 Å². The SMILES string of the molecule is CCC(=O)O[C@@H]1NC(=O)C1(CC)CC. The smallest absolute Gasteiger partial charge is 0.307 e. The van der Waals surface area contributed by atoms with Gasteiger partial charge in [-0.25, -0.2) is 0 Å². The van der Waals surface area contributed by atoms with Crippen molar-refractivity contribution in [1.82, 2.24) is 5.32 Å². The van der Waals surface area contributed by atoms with Gasteiger partial charge in [0.15, 0.2) is 6.23 Å². The summed E-state index contributed by atoms with van der Waals surface area (Å²) < 4.78 is 5.13. The zero-order valence-corrected chi connectivity index (χ0v) is 8.92. The van der Waals surface area contributed by atoms with Gasteiger partial charge in [0, 0.05) is 6.42 Å². The van der Waals surface area contributed by atoms with Crippen molar-refractivity contribution in [1.29, 1.82) is 0 Å². The van der Waals surface area contributed by atoms with Crippen LogP contribution in [0.3, 0.4) is 0 Å². The number of rotatable bonds is 4. The molecular formula is C10H17NO3. The van der Waals surface area contributed by atoms with Crippen molar-refractivity contribution < 1.29 is 14.3 Å². The van der Waals surface area contributed by atoms with Crippen LogP contribution in [0, 0.1) is 5.41 Å². The van der Waals surface area contributed by atoms with Crippen LogP contribution in [0.4, 0.5) is 0 Å². The van der Waals surface area contributed by atoms with Crippen LogP contribution in [0.15, 0.2) is 0 Å². The summed E-state index contributed by atoms with van der Waals surface area (Å²) in [6, 6.07) is 0. The molecular weight excluding hydrogens is 182 g/mol. The molecule has 1 aliphatic rings. The Labute approximate surface area is 84.0 Å². The molecule has 0 aliphatic carbocycles. The molecule has 0 unspecified atom stereocenters. The van der Waals surface area contributed by atoms with Crippen LogP contribution >= 0.6 is 0 Å². The number of esters is 1. The molecule has 0 aromatic carbocycles. The molecule has 0 saturated carbocycles. The molecule has 4 heteroatoms. The van der Waals surface area contributed by atoms with E-state index >= 15 is 0 Å². The van der Waals surface area contributed by atoms with Crippen molar-refractivity contribution >= 4 is 11.9 Å². The van der Waals surface area contributed by atoms with Crippen molar-refractivity contribution in [3.63, 3.8) is 0 Å². The Hall–Kier alpha value is -1.06. The van der Waals surface area contributed by atoms with Gasteiger partial charge in [-0.15, -0.1) is 0 Å². The van der Waals surface area contributed by atoms with Gasteiger partial charge in [-0.1, -0.05) is 20.8 Å². The molecule has 0 aromatic heterocycles. The molecule has 1 atom stereocenters. The number of carbonyl (C=O) groups is 2. The molecule has 1 saturated heterocycles. The molecule has 0 radical (unpaired) electrons. The molecule has 1 rings (SSSR count). The van der Waals surface area contributed by atoms with E-state index in [0.717, 1.165) is 0 Å². The van der Waals surface area contributed by atoms with Gasteiger partial charge in [0.25, 0.3) is 0 Å². The zero-order chi connectivity index (χ0) is 10.8. The van der Waals surface area contributed by atoms with E-state index < -0.39 is 11.6 Å². The van der Waals surface area contributed by atoms with Crippen LogP contribution in [0.1, 0.15) is 40.0 Å². The highest BCUT2D eigenvalue weighted by Gasteiger charge is 2.54. The van der Waals surface area contributed by atoms with E-state index in [2.05, 4.69) is 5.32 Å². The van der Waals surface area contributed by atoms with E-state index in [9.17, 15) is 9.59 Å². The Balaban J connectivity index is 2.64. The molecule has 1 fully saturated rings. The number of hydrogen-bond acceptors (Lipinski definition) is 3. The Bertz CT molecular complexity index is 246. The molecule has 0 aromatic rings. The van der Waals surface area contributed by atoms with Gasteiger partial charge >= 0.3 is 5.97 Å². The predicted octanol–water partition coefficient (Wildman–Crippen LogP) is 1.20. The third kappa shape index (κ3) is 1.49. The van der Waals surface area contributed by atoms with E-state index in [0.29, 0.717) is 19.3 Å². The maximum Gasteiger partial charge on any atom is 0.307 e. The summed E-state index contributed by atoms with van der Waals surface area (Å²) in [6.45, 7) is 5.62. The van der Waals surface area contributed by atoms with Gasteiger partial charge in [0.05, 0.1) is 0 Å². The summed E-state index contributed by atoms with van der Waals surface area (Å²) in [5.74, 6) is -0.266. The summed E-state index contributed by atoms with van der Waals surface area (Å²) >= 11 is 0. The van der Waals surface area contributed by atoms with E-state index in [-0.39, 0.29) is 11.9 Å². The second-order valence-electron chi connectivity index (χ2n) is 3.56. The summed E-state index contributed by atoms with van der Waals surface area (Å²) in [5, 5.41) is 2.62. The molecule has 0 spiro atoms. The average molecular weight is 199 g/mol. The lowest BCUT2D eigenvalue weighted by Gasteiger charge is -2.46. The van der Waals surface area contributed by atoms with Crippen LogP contribution in [0.25, 0.3) is 0 Å². The monoisotopic (exact) mass is 199 g/mol. The van der Waals surface area contributed by atoms with Gasteiger partial charge < -0.3 is 10.1 Å². The normalized spacial score (nSPS) is 23.6. The van der Waals surface area contributed by atoms with Crippen LogP contribution in [0.5, 0.6) is 0 Å². The first kappa shape index (κ1) is 11.0. The van der Waals surface area contributed by atoms with Crippen LogP contribution in [-0.4, -0.2) is 18.1 Å². The highest BCUT2D eigenvalue weighted by Crippen LogP contribution is 2.38. The fourth-order valence-electron chi connectivity index (χ4n) is 1.74. The van der Waals surface area contributed by atoms with E-state index in [1.807, 2.05) is 13.8 Å². The highest BCUT2D eigenvalue weighted by molar-refractivity contribution is 5.90. The number of amides is 1. The molecule has 1 heterocycles. The molecule has 1 aliphatic heterocycles.